The minimum Gasteiger partial charge on any atom is -0.134 e. The number of hydrogen-bond acceptors (Lipinski definition) is 6. The first kappa shape index (κ1) is 16.1. The minimum absolute atomic E-state index is 0.227. The van der Waals surface area contributed by atoms with Gasteiger partial charge in [-0.1, -0.05) is 0 Å². The number of thioether (sulfide) groups is 6. The van der Waals surface area contributed by atoms with Crippen molar-refractivity contribution in [3.05, 3.63) is 0 Å². The molecule has 0 bridgehead atoms. The molecule has 0 nitrogen and oxygen atoms in total. The summed E-state index contributed by atoms with van der Waals surface area (Å²) in [5.74, 6) is 0. The molecule has 0 amide bonds. The van der Waals surface area contributed by atoms with Gasteiger partial charge in [-0.2, -0.15) is 0 Å². The van der Waals surface area contributed by atoms with E-state index in [4.69, 9.17) is 0 Å². The predicted molar refractivity (Wildman–Crippen MR) is 86.6 cm³/mol. The zero-order valence-electron chi connectivity index (χ0n) is 9.45. The van der Waals surface area contributed by atoms with Gasteiger partial charge in [0.15, 0.2) is 0 Å². The van der Waals surface area contributed by atoms with E-state index in [0.29, 0.717) is 0 Å². The third-order valence-electron chi connectivity index (χ3n) is 1.99. The normalized spacial score (nSPS) is 13.3. The Morgan fingerprint density at radius 2 is 0.571 bits per heavy atom. The van der Waals surface area contributed by atoms with E-state index < -0.39 is 0 Å². The number of hydrogen-bond donors (Lipinski definition) is 0. The van der Waals surface area contributed by atoms with E-state index in [1.54, 1.807) is 0 Å². The highest BCUT2D eigenvalue weighted by atomic mass is 32.3. The second kappa shape index (κ2) is 7.43. The topological polar surface area (TPSA) is 0 Å². The Labute approximate surface area is 114 Å². The van der Waals surface area contributed by atoms with Crippen molar-refractivity contribution in [1.29, 1.82) is 0 Å². The standard InChI is InChI=1S/C8H18S6/c1-9-7(10-2,11-3)8(12-4,13-5)14-6/h1-6H3. The monoisotopic (exact) mass is 306 g/mol. The Balaban J connectivity index is 5.08. The lowest BCUT2D eigenvalue weighted by molar-refractivity contribution is 1.21. The molecule has 0 spiro atoms. The van der Waals surface area contributed by atoms with Crippen LogP contribution in [-0.2, 0) is 0 Å². The quantitative estimate of drug-likeness (QED) is 0.632. The zero-order chi connectivity index (χ0) is 11.2. The first-order chi connectivity index (χ1) is 6.61. The molecule has 0 aromatic rings. The van der Waals surface area contributed by atoms with Crippen molar-refractivity contribution in [2.24, 2.45) is 0 Å². The van der Waals surface area contributed by atoms with Crippen molar-refractivity contribution in [3.63, 3.8) is 0 Å². The van der Waals surface area contributed by atoms with Crippen molar-refractivity contribution in [2.45, 2.75) is 6.82 Å². The summed E-state index contributed by atoms with van der Waals surface area (Å²) in [6.45, 7) is 0. The summed E-state index contributed by atoms with van der Waals surface area (Å²) in [7, 11) is 0. The van der Waals surface area contributed by atoms with Crippen LogP contribution in [0.4, 0.5) is 0 Å². The second-order valence-corrected chi connectivity index (χ2v) is 10.0. The van der Waals surface area contributed by atoms with Crippen LogP contribution in [0.3, 0.4) is 0 Å². The molecule has 0 aromatic carbocycles. The molecular formula is C8H18S6. The average molecular weight is 307 g/mol. The molecule has 0 heterocycles. The maximum absolute atomic E-state index is 2.21. The van der Waals surface area contributed by atoms with Crippen LogP contribution in [0.5, 0.6) is 0 Å². The van der Waals surface area contributed by atoms with E-state index in [1.807, 2.05) is 70.6 Å². The van der Waals surface area contributed by atoms with Crippen LogP contribution in [-0.4, -0.2) is 44.4 Å². The van der Waals surface area contributed by atoms with E-state index in [-0.39, 0.29) is 6.82 Å². The Bertz CT molecular complexity index is 117. The van der Waals surface area contributed by atoms with Gasteiger partial charge in [0.25, 0.3) is 0 Å². The summed E-state index contributed by atoms with van der Waals surface area (Å²) in [6.07, 6.45) is 13.3. The molecule has 0 radical (unpaired) electrons. The summed E-state index contributed by atoms with van der Waals surface area (Å²) >= 11 is 11.8. The molecule has 0 aromatic heterocycles. The van der Waals surface area contributed by atoms with E-state index in [9.17, 15) is 0 Å². The molecule has 0 atom stereocenters. The van der Waals surface area contributed by atoms with Crippen molar-refractivity contribution in [3.8, 4) is 0 Å². The third-order valence-corrected chi connectivity index (χ3v) is 14.2. The van der Waals surface area contributed by atoms with Gasteiger partial charge in [0.2, 0.25) is 0 Å². The first-order valence-electron chi connectivity index (χ1n) is 3.92. The van der Waals surface area contributed by atoms with Crippen LogP contribution in [0.25, 0.3) is 0 Å². The predicted octanol–water partition coefficient (Wildman–Crippen LogP) is 4.47. The van der Waals surface area contributed by atoms with Crippen molar-refractivity contribution in [2.75, 3.05) is 37.5 Å². The molecule has 14 heavy (non-hydrogen) atoms. The van der Waals surface area contributed by atoms with Crippen LogP contribution in [0.2, 0.25) is 0 Å². The molecule has 0 fully saturated rings. The molecule has 0 aliphatic carbocycles. The van der Waals surface area contributed by atoms with E-state index in [2.05, 4.69) is 37.5 Å². The van der Waals surface area contributed by atoms with Gasteiger partial charge < -0.3 is 0 Å². The lowest BCUT2D eigenvalue weighted by atomic mass is 10.9. The largest absolute Gasteiger partial charge is 0.139 e. The van der Waals surface area contributed by atoms with Gasteiger partial charge in [-0.05, 0) is 37.5 Å². The van der Waals surface area contributed by atoms with Gasteiger partial charge in [0, 0.05) is 0 Å². The smallest absolute Gasteiger partial charge is 0.134 e. The van der Waals surface area contributed by atoms with E-state index in [1.165, 1.54) is 0 Å². The lowest BCUT2D eigenvalue weighted by Gasteiger charge is -2.44. The highest BCUT2D eigenvalue weighted by molar-refractivity contribution is 8.42. The lowest BCUT2D eigenvalue weighted by Crippen LogP contribution is -2.37. The van der Waals surface area contributed by atoms with Gasteiger partial charge in [0.05, 0.1) is 0 Å². The van der Waals surface area contributed by atoms with Crippen LogP contribution in [0.15, 0.2) is 0 Å². The van der Waals surface area contributed by atoms with E-state index >= 15 is 0 Å². The summed E-state index contributed by atoms with van der Waals surface area (Å²) in [5, 5.41) is 0. The Morgan fingerprint density at radius 1 is 0.429 bits per heavy atom. The molecule has 86 valence electrons. The summed E-state index contributed by atoms with van der Waals surface area (Å²) in [4.78, 5) is 0. The number of rotatable bonds is 7. The van der Waals surface area contributed by atoms with Crippen molar-refractivity contribution in [1.82, 2.24) is 0 Å². The minimum atomic E-state index is 0.227. The average Bonchev–Trinajstić information content (AvgIpc) is 2.27. The SMILES string of the molecule is CSC(SC)(SC)C(SC)(SC)SC. The Kier molecular flexibility index (Phi) is 8.55. The van der Waals surface area contributed by atoms with Gasteiger partial charge >= 0.3 is 0 Å². The molecule has 0 N–H and O–H groups in total. The fourth-order valence-corrected chi connectivity index (χ4v) is 11.2. The van der Waals surface area contributed by atoms with Crippen LogP contribution in [0.1, 0.15) is 0 Å². The van der Waals surface area contributed by atoms with Crippen LogP contribution < -0.4 is 0 Å². The van der Waals surface area contributed by atoms with Gasteiger partial charge in [-0.3, -0.25) is 0 Å². The highest BCUT2D eigenvalue weighted by Crippen LogP contribution is 2.64. The Morgan fingerprint density at radius 3 is 0.643 bits per heavy atom. The molecule has 0 aliphatic rings. The summed E-state index contributed by atoms with van der Waals surface area (Å²) in [6, 6.07) is 0. The molecule has 6 heteroatoms. The fraction of sp³-hybridized carbons (Fsp3) is 1.00. The van der Waals surface area contributed by atoms with Gasteiger partial charge in [-0.15, -0.1) is 70.6 Å². The van der Waals surface area contributed by atoms with Crippen LogP contribution in [0, 0.1) is 0 Å². The maximum atomic E-state index is 2.21. The Hall–Kier alpha value is 2.10. The third kappa shape index (κ3) is 2.86. The highest BCUT2D eigenvalue weighted by Gasteiger charge is 2.50. The molecule has 0 aliphatic heterocycles. The second-order valence-electron chi connectivity index (χ2n) is 2.34. The maximum Gasteiger partial charge on any atom is 0.139 e. The van der Waals surface area contributed by atoms with Crippen molar-refractivity contribution < 1.29 is 0 Å². The van der Waals surface area contributed by atoms with Gasteiger partial charge in [0.1, 0.15) is 6.82 Å². The molecular weight excluding hydrogens is 288 g/mol. The fourth-order valence-electron chi connectivity index (χ4n) is 1.25. The molecule has 0 unspecified atom stereocenters. The molecule has 0 saturated carbocycles. The van der Waals surface area contributed by atoms with Crippen molar-refractivity contribution >= 4 is 70.6 Å². The first-order valence-corrected chi connectivity index (χ1v) is 11.3. The summed E-state index contributed by atoms with van der Waals surface area (Å²) < 4.78 is 0.455. The van der Waals surface area contributed by atoms with E-state index in [0.717, 1.165) is 0 Å². The van der Waals surface area contributed by atoms with Crippen LogP contribution >= 0.6 is 70.6 Å². The zero-order valence-corrected chi connectivity index (χ0v) is 14.3. The van der Waals surface area contributed by atoms with Gasteiger partial charge in [-0.25, -0.2) is 0 Å². The molecule has 0 rings (SSSR count). The summed E-state index contributed by atoms with van der Waals surface area (Å²) in [5.41, 5.74) is 0. The molecule has 0 saturated heterocycles.